The van der Waals surface area contributed by atoms with E-state index in [1.165, 1.54) is 48.1 Å². The molecule has 2 aromatic heterocycles. The lowest BCUT2D eigenvalue weighted by atomic mass is 9.97. The highest BCUT2D eigenvalue weighted by Gasteiger charge is 2.25. The highest BCUT2D eigenvalue weighted by Crippen LogP contribution is 2.51. The Bertz CT molecular complexity index is 2490. The number of para-hydroxylation sites is 2. The van der Waals surface area contributed by atoms with E-state index >= 15 is 0 Å². The first-order chi connectivity index (χ1) is 22.3. The van der Waals surface area contributed by atoms with Gasteiger partial charge in [0.25, 0.3) is 0 Å². The highest BCUT2D eigenvalue weighted by molar-refractivity contribution is 7.26. The lowest BCUT2D eigenvalue weighted by molar-refractivity contribution is 0.669. The van der Waals surface area contributed by atoms with Gasteiger partial charge in [0.1, 0.15) is 11.2 Å². The van der Waals surface area contributed by atoms with E-state index in [9.17, 15) is 0 Å². The third kappa shape index (κ3) is 4.24. The molecular formula is C42H27NOS. The molecule has 0 aliphatic rings. The topological polar surface area (TPSA) is 16.4 Å². The van der Waals surface area contributed by atoms with E-state index in [1.54, 1.807) is 0 Å². The second-order valence-electron chi connectivity index (χ2n) is 11.3. The minimum Gasteiger partial charge on any atom is -0.456 e. The highest BCUT2D eigenvalue weighted by atomic mass is 32.1. The van der Waals surface area contributed by atoms with Gasteiger partial charge in [0, 0.05) is 43.1 Å². The maximum atomic E-state index is 6.28. The second-order valence-corrected chi connectivity index (χ2v) is 12.4. The van der Waals surface area contributed by atoms with Crippen molar-refractivity contribution < 1.29 is 4.42 Å². The van der Waals surface area contributed by atoms with Crippen molar-refractivity contribution in [3.05, 3.63) is 164 Å². The van der Waals surface area contributed by atoms with Gasteiger partial charge in [-0.15, -0.1) is 11.3 Å². The molecule has 0 bridgehead atoms. The Morgan fingerprint density at radius 1 is 0.444 bits per heavy atom. The van der Waals surface area contributed by atoms with Crippen LogP contribution >= 0.6 is 11.3 Å². The summed E-state index contributed by atoms with van der Waals surface area (Å²) in [5, 5.41) is 4.78. The summed E-state index contributed by atoms with van der Waals surface area (Å²) in [5.41, 5.74) is 9.90. The van der Waals surface area contributed by atoms with Gasteiger partial charge >= 0.3 is 0 Å². The Labute approximate surface area is 265 Å². The summed E-state index contributed by atoms with van der Waals surface area (Å²) in [6.45, 7) is 0. The summed E-state index contributed by atoms with van der Waals surface area (Å²) in [6, 6.07) is 58.5. The predicted molar refractivity (Wildman–Crippen MR) is 192 cm³/mol. The molecule has 45 heavy (non-hydrogen) atoms. The van der Waals surface area contributed by atoms with Crippen LogP contribution in [-0.2, 0) is 0 Å². The number of furan rings is 1. The fraction of sp³-hybridized carbons (Fsp3) is 0. The van der Waals surface area contributed by atoms with Gasteiger partial charge in [0.05, 0.1) is 16.1 Å². The molecule has 0 fully saturated rings. The summed E-state index contributed by atoms with van der Waals surface area (Å²) in [4.78, 5) is 2.48. The van der Waals surface area contributed by atoms with Crippen LogP contribution in [0.5, 0.6) is 0 Å². The number of fused-ring (bicyclic) bond motifs is 6. The van der Waals surface area contributed by atoms with Crippen LogP contribution in [0.15, 0.2) is 168 Å². The Morgan fingerprint density at radius 2 is 1.09 bits per heavy atom. The van der Waals surface area contributed by atoms with Crippen molar-refractivity contribution in [3.8, 4) is 22.3 Å². The quantitative estimate of drug-likeness (QED) is 0.197. The molecule has 3 heteroatoms. The van der Waals surface area contributed by atoms with E-state index in [0.29, 0.717) is 0 Å². The van der Waals surface area contributed by atoms with Crippen molar-refractivity contribution >= 4 is 70.5 Å². The monoisotopic (exact) mass is 593 g/mol. The molecule has 212 valence electrons. The summed E-state index contributed by atoms with van der Waals surface area (Å²) in [7, 11) is 0. The van der Waals surface area contributed by atoms with Crippen LogP contribution < -0.4 is 4.90 Å². The molecule has 7 aromatic carbocycles. The molecule has 0 spiro atoms. The number of hydrogen-bond donors (Lipinski definition) is 0. The molecule has 0 radical (unpaired) electrons. The molecular weight excluding hydrogens is 567 g/mol. The summed E-state index contributed by atoms with van der Waals surface area (Å²) in [5.74, 6) is 0. The number of thiophene rings is 1. The predicted octanol–water partition coefficient (Wildman–Crippen LogP) is 12.8. The first kappa shape index (κ1) is 25.8. The lowest BCUT2D eigenvalue weighted by Gasteiger charge is -2.30. The van der Waals surface area contributed by atoms with Crippen LogP contribution in [0.3, 0.4) is 0 Å². The van der Waals surface area contributed by atoms with Crippen molar-refractivity contribution in [3.63, 3.8) is 0 Å². The molecule has 0 atom stereocenters. The van der Waals surface area contributed by atoms with Crippen molar-refractivity contribution in [2.75, 3.05) is 4.90 Å². The third-order valence-corrected chi connectivity index (χ3v) is 9.87. The average Bonchev–Trinajstić information content (AvgIpc) is 3.68. The molecule has 0 amide bonds. The number of hydrogen-bond acceptors (Lipinski definition) is 3. The fourth-order valence-electron chi connectivity index (χ4n) is 6.62. The van der Waals surface area contributed by atoms with Gasteiger partial charge in [0.15, 0.2) is 0 Å². The molecule has 0 unspecified atom stereocenters. The van der Waals surface area contributed by atoms with Crippen LogP contribution in [0.4, 0.5) is 17.1 Å². The minimum absolute atomic E-state index is 0.889. The molecule has 0 aliphatic heterocycles. The van der Waals surface area contributed by atoms with Gasteiger partial charge < -0.3 is 9.32 Å². The minimum atomic E-state index is 0.889. The molecule has 0 aliphatic carbocycles. The fourth-order valence-corrected chi connectivity index (χ4v) is 7.86. The molecule has 9 aromatic rings. The van der Waals surface area contributed by atoms with Crippen molar-refractivity contribution in [2.24, 2.45) is 0 Å². The molecule has 2 nitrogen and oxygen atoms in total. The SMILES string of the molecule is c1ccc(-c2ccccc2N(c2ccc3oc4ccccc4c3c2)c2c(-c3ccccc3)ccc3c2sc2ccccc23)cc1. The normalized spacial score (nSPS) is 11.6. The largest absolute Gasteiger partial charge is 0.456 e. The first-order valence-electron chi connectivity index (χ1n) is 15.2. The maximum Gasteiger partial charge on any atom is 0.135 e. The van der Waals surface area contributed by atoms with Crippen LogP contribution in [0, 0.1) is 0 Å². The van der Waals surface area contributed by atoms with E-state index in [-0.39, 0.29) is 0 Å². The van der Waals surface area contributed by atoms with E-state index in [1.807, 2.05) is 23.5 Å². The van der Waals surface area contributed by atoms with E-state index in [4.69, 9.17) is 4.42 Å². The third-order valence-electron chi connectivity index (χ3n) is 8.68. The van der Waals surface area contributed by atoms with Crippen LogP contribution in [0.1, 0.15) is 0 Å². The summed E-state index contributed by atoms with van der Waals surface area (Å²) >= 11 is 1.86. The second kappa shape index (κ2) is 10.5. The summed E-state index contributed by atoms with van der Waals surface area (Å²) < 4.78 is 8.82. The molecule has 0 saturated carbocycles. The Hall–Kier alpha value is -5.64. The van der Waals surface area contributed by atoms with E-state index in [2.05, 4.69) is 157 Å². The van der Waals surface area contributed by atoms with Gasteiger partial charge in [-0.2, -0.15) is 0 Å². The smallest absolute Gasteiger partial charge is 0.135 e. The maximum absolute atomic E-state index is 6.28. The van der Waals surface area contributed by atoms with Gasteiger partial charge in [-0.05, 0) is 47.5 Å². The zero-order chi connectivity index (χ0) is 29.7. The van der Waals surface area contributed by atoms with E-state index < -0.39 is 0 Å². The Morgan fingerprint density at radius 3 is 1.91 bits per heavy atom. The lowest BCUT2D eigenvalue weighted by Crippen LogP contribution is -2.12. The van der Waals surface area contributed by atoms with Crippen LogP contribution in [-0.4, -0.2) is 0 Å². The van der Waals surface area contributed by atoms with Crippen molar-refractivity contribution in [1.29, 1.82) is 0 Å². The number of anilines is 3. The van der Waals surface area contributed by atoms with E-state index in [0.717, 1.165) is 33.3 Å². The average molecular weight is 594 g/mol. The van der Waals surface area contributed by atoms with Crippen molar-refractivity contribution in [2.45, 2.75) is 0 Å². The van der Waals surface area contributed by atoms with Crippen LogP contribution in [0.2, 0.25) is 0 Å². The number of rotatable bonds is 5. The zero-order valence-electron chi connectivity index (χ0n) is 24.4. The molecule has 2 heterocycles. The van der Waals surface area contributed by atoms with Crippen molar-refractivity contribution in [1.82, 2.24) is 0 Å². The van der Waals surface area contributed by atoms with Gasteiger partial charge in [-0.3, -0.25) is 0 Å². The molecule has 9 rings (SSSR count). The van der Waals surface area contributed by atoms with Gasteiger partial charge in [0.2, 0.25) is 0 Å². The Balaban J connectivity index is 1.43. The standard InChI is InChI=1S/C42H27NOS/c1-3-13-28(14-4-1)31-17-7-10-20-37(31)43(30-23-26-39-36(27-30)33-18-8-11-21-38(33)44-39)41-32(29-15-5-2-6-16-29)24-25-35-34-19-9-12-22-40(34)45-42(35)41/h1-27H. The summed E-state index contributed by atoms with van der Waals surface area (Å²) in [6.07, 6.45) is 0. The Kier molecular flexibility index (Phi) is 6.03. The molecule has 0 N–H and O–H groups in total. The van der Waals surface area contributed by atoms with Crippen LogP contribution in [0.25, 0.3) is 64.4 Å². The number of nitrogens with zero attached hydrogens (tertiary/aromatic N) is 1. The molecule has 0 saturated heterocycles. The number of benzene rings is 7. The van der Waals surface area contributed by atoms with Gasteiger partial charge in [-0.1, -0.05) is 127 Å². The first-order valence-corrected chi connectivity index (χ1v) is 16.0. The zero-order valence-corrected chi connectivity index (χ0v) is 25.2. The van der Waals surface area contributed by atoms with Gasteiger partial charge in [-0.25, -0.2) is 0 Å².